The Balaban J connectivity index is 2.22. The summed E-state index contributed by atoms with van der Waals surface area (Å²) in [6.07, 6.45) is 2.93. The third kappa shape index (κ3) is 3.02. The van der Waals surface area contributed by atoms with Gasteiger partial charge in [0.25, 0.3) is 5.89 Å². The van der Waals surface area contributed by atoms with Crippen molar-refractivity contribution < 1.29 is 14.4 Å². The highest BCUT2D eigenvalue weighted by Crippen LogP contribution is 2.46. The molecular weight excluding hydrogens is 258 g/mol. The molecule has 1 atom stereocenters. The van der Waals surface area contributed by atoms with Gasteiger partial charge >= 0.3 is 0 Å². The predicted octanol–water partition coefficient (Wildman–Crippen LogP) is 1.89. The minimum absolute atomic E-state index is 0.0658. The molecule has 1 saturated carbocycles. The maximum absolute atomic E-state index is 9.68. The fourth-order valence-electron chi connectivity index (χ4n) is 2.70. The Morgan fingerprint density at radius 2 is 2.00 bits per heavy atom. The van der Waals surface area contributed by atoms with E-state index in [1.165, 1.54) is 0 Å². The van der Waals surface area contributed by atoms with Crippen LogP contribution in [0, 0.1) is 5.41 Å². The zero-order valence-corrected chi connectivity index (χ0v) is 12.6. The summed E-state index contributed by atoms with van der Waals surface area (Å²) < 4.78 is 11.1. The highest BCUT2D eigenvalue weighted by atomic mass is 16.5. The third-order valence-corrected chi connectivity index (χ3v) is 4.19. The lowest BCUT2D eigenvalue weighted by Crippen LogP contribution is -2.38. The Kier molecular flexibility index (Phi) is 4.46. The van der Waals surface area contributed by atoms with Crippen LogP contribution in [0.25, 0.3) is 0 Å². The van der Waals surface area contributed by atoms with E-state index < -0.39 is 11.7 Å². The van der Waals surface area contributed by atoms with E-state index in [1.807, 2.05) is 6.92 Å². The molecule has 2 rings (SSSR count). The van der Waals surface area contributed by atoms with Crippen LogP contribution in [0.1, 0.15) is 64.3 Å². The second-order valence-corrected chi connectivity index (χ2v) is 6.30. The Hall–Kier alpha value is -0.980. The molecule has 20 heavy (non-hydrogen) atoms. The zero-order valence-electron chi connectivity index (χ0n) is 12.6. The highest BCUT2D eigenvalue weighted by Gasteiger charge is 2.44. The maximum atomic E-state index is 9.68. The summed E-state index contributed by atoms with van der Waals surface area (Å²) >= 11 is 0. The van der Waals surface area contributed by atoms with Crippen molar-refractivity contribution in [3.8, 4) is 0 Å². The van der Waals surface area contributed by atoms with E-state index in [1.54, 1.807) is 0 Å². The predicted molar refractivity (Wildman–Crippen MR) is 73.9 cm³/mol. The highest BCUT2D eigenvalue weighted by molar-refractivity contribution is 5.06. The van der Waals surface area contributed by atoms with Crippen LogP contribution in [0.4, 0.5) is 0 Å². The number of ether oxygens (including phenoxy) is 1. The smallest absolute Gasteiger partial charge is 0.256 e. The number of aliphatic hydroxyl groups is 1. The molecular formula is C14H25N3O3. The lowest BCUT2D eigenvalue weighted by atomic mass is 9.70. The summed E-state index contributed by atoms with van der Waals surface area (Å²) in [5.74, 6) is 0.712. The van der Waals surface area contributed by atoms with E-state index in [0.29, 0.717) is 17.8 Å². The molecule has 1 heterocycles. The number of rotatable bonds is 5. The van der Waals surface area contributed by atoms with Crippen LogP contribution < -0.4 is 5.73 Å². The molecule has 0 amide bonds. The number of aliphatic hydroxyl groups excluding tert-OH is 1. The number of nitrogens with zero attached hydrogens (tertiary/aromatic N) is 2. The van der Waals surface area contributed by atoms with Gasteiger partial charge in [-0.05, 0) is 38.0 Å². The van der Waals surface area contributed by atoms with Gasteiger partial charge in [0, 0.05) is 13.2 Å². The molecule has 0 radical (unpaired) electrons. The Labute approximate surface area is 119 Å². The van der Waals surface area contributed by atoms with E-state index in [2.05, 4.69) is 24.0 Å². The lowest BCUT2D eigenvalue weighted by Gasteiger charge is -2.41. The second-order valence-electron chi connectivity index (χ2n) is 6.30. The molecule has 0 aromatic carbocycles. The van der Waals surface area contributed by atoms with Crippen molar-refractivity contribution in [2.45, 2.75) is 58.2 Å². The van der Waals surface area contributed by atoms with E-state index in [4.69, 9.17) is 15.0 Å². The second kappa shape index (κ2) is 5.79. The fourth-order valence-corrected chi connectivity index (χ4v) is 2.70. The minimum atomic E-state index is -0.907. The first-order valence-electron chi connectivity index (χ1n) is 7.29. The molecule has 3 N–H and O–H groups in total. The van der Waals surface area contributed by atoms with Crippen molar-refractivity contribution in [1.29, 1.82) is 0 Å². The molecule has 1 aromatic rings. The Morgan fingerprint density at radius 3 is 2.55 bits per heavy atom. The summed E-state index contributed by atoms with van der Waals surface area (Å²) in [5.41, 5.74) is 5.25. The minimum Gasteiger partial charge on any atom is -0.382 e. The van der Waals surface area contributed by atoms with Gasteiger partial charge in [-0.3, -0.25) is 0 Å². The summed E-state index contributed by atoms with van der Waals surface area (Å²) in [7, 11) is 0. The van der Waals surface area contributed by atoms with Crippen LogP contribution in [0.15, 0.2) is 4.52 Å². The SMILES string of the molecule is CCOC1(c2noc(C(O)CN)n2)CCC(C)(C)CC1. The lowest BCUT2D eigenvalue weighted by molar-refractivity contribution is -0.0957. The van der Waals surface area contributed by atoms with Crippen molar-refractivity contribution >= 4 is 0 Å². The van der Waals surface area contributed by atoms with E-state index >= 15 is 0 Å². The molecule has 6 nitrogen and oxygen atoms in total. The quantitative estimate of drug-likeness (QED) is 0.857. The van der Waals surface area contributed by atoms with Gasteiger partial charge in [0.05, 0.1) is 0 Å². The first-order valence-corrected chi connectivity index (χ1v) is 7.29. The summed E-state index contributed by atoms with van der Waals surface area (Å²) in [6.45, 7) is 7.17. The van der Waals surface area contributed by atoms with Crippen molar-refractivity contribution in [2.24, 2.45) is 11.1 Å². The largest absolute Gasteiger partial charge is 0.382 e. The molecule has 0 spiro atoms. The molecule has 1 fully saturated rings. The van der Waals surface area contributed by atoms with Crippen molar-refractivity contribution in [1.82, 2.24) is 10.1 Å². The summed E-state index contributed by atoms with van der Waals surface area (Å²) in [5, 5.41) is 13.7. The first-order chi connectivity index (χ1) is 9.42. The molecule has 0 aliphatic heterocycles. The van der Waals surface area contributed by atoms with Gasteiger partial charge < -0.3 is 20.1 Å². The van der Waals surface area contributed by atoms with Crippen molar-refractivity contribution in [3.05, 3.63) is 11.7 Å². The normalized spacial score (nSPS) is 22.6. The molecule has 1 aromatic heterocycles. The first kappa shape index (κ1) is 15.4. The van der Waals surface area contributed by atoms with Gasteiger partial charge in [-0.2, -0.15) is 4.98 Å². The third-order valence-electron chi connectivity index (χ3n) is 4.19. The van der Waals surface area contributed by atoms with E-state index in [-0.39, 0.29) is 12.4 Å². The summed E-state index contributed by atoms with van der Waals surface area (Å²) in [6, 6.07) is 0. The van der Waals surface area contributed by atoms with Gasteiger partial charge in [0.2, 0.25) is 5.82 Å². The molecule has 1 aliphatic rings. The topological polar surface area (TPSA) is 94.4 Å². The van der Waals surface area contributed by atoms with Gasteiger partial charge in [0.1, 0.15) is 11.7 Å². The van der Waals surface area contributed by atoms with Crippen LogP contribution in [-0.4, -0.2) is 28.4 Å². The van der Waals surface area contributed by atoms with Crippen molar-refractivity contribution in [3.63, 3.8) is 0 Å². The number of nitrogens with two attached hydrogens (primary N) is 1. The van der Waals surface area contributed by atoms with Crippen LogP contribution in [0.3, 0.4) is 0 Å². The molecule has 114 valence electrons. The monoisotopic (exact) mass is 283 g/mol. The zero-order chi connectivity index (χ0) is 14.8. The van der Waals surface area contributed by atoms with Gasteiger partial charge in [-0.25, -0.2) is 0 Å². The molecule has 0 saturated heterocycles. The average molecular weight is 283 g/mol. The number of hydrogen-bond donors (Lipinski definition) is 2. The van der Waals surface area contributed by atoms with Gasteiger partial charge in [0.15, 0.2) is 0 Å². The van der Waals surface area contributed by atoms with Crippen LogP contribution >= 0.6 is 0 Å². The maximum Gasteiger partial charge on any atom is 0.256 e. The molecule has 1 unspecified atom stereocenters. The van der Waals surface area contributed by atoms with Crippen molar-refractivity contribution in [2.75, 3.05) is 13.2 Å². The molecule has 6 heteroatoms. The average Bonchev–Trinajstić information content (AvgIpc) is 2.91. The van der Waals surface area contributed by atoms with Crippen LogP contribution in [-0.2, 0) is 10.3 Å². The fraction of sp³-hybridized carbons (Fsp3) is 0.857. The van der Waals surface area contributed by atoms with Gasteiger partial charge in [-0.15, -0.1) is 0 Å². The van der Waals surface area contributed by atoms with E-state index in [0.717, 1.165) is 25.7 Å². The standard InChI is InChI=1S/C14H25N3O3/c1-4-19-14(7-5-13(2,3)6-8-14)12-16-11(20-17-12)10(18)9-15/h10,18H,4-9,15H2,1-3H3. The van der Waals surface area contributed by atoms with Crippen LogP contribution in [0.2, 0.25) is 0 Å². The Morgan fingerprint density at radius 1 is 1.35 bits per heavy atom. The number of hydrogen-bond acceptors (Lipinski definition) is 6. The number of aromatic nitrogens is 2. The van der Waals surface area contributed by atoms with E-state index in [9.17, 15) is 5.11 Å². The molecule has 1 aliphatic carbocycles. The molecule has 0 bridgehead atoms. The Bertz CT molecular complexity index is 435. The summed E-state index contributed by atoms with van der Waals surface area (Å²) in [4.78, 5) is 4.31. The van der Waals surface area contributed by atoms with Gasteiger partial charge in [-0.1, -0.05) is 19.0 Å². The van der Waals surface area contributed by atoms with Crippen LogP contribution in [0.5, 0.6) is 0 Å².